The minimum absolute atomic E-state index is 0.0593. The molecule has 3 nitrogen and oxygen atoms in total. The minimum atomic E-state index is -0.429. The van der Waals surface area contributed by atoms with Crippen molar-refractivity contribution in [3.8, 4) is 0 Å². The molecule has 0 amide bonds. The number of carbonyl (C=O) groups is 1. The van der Waals surface area contributed by atoms with Crippen molar-refractivity contribution in [3.05, 3.63) is 81.0 Å². The van der Waals surface area contributed by atoms with Crippen molar-refractivity contribution in [1.29, 1.82) is 0 Å². The molecule has 1 aliphatic heterocycles. The van der Waals surface area contributed by atoms with Crippen LogP contribution in [-0.2, 0) is 0 Å². The fourth-order valence-electron chi connectivity index (χ4n) is 2.84. The standard InChI is InChI=1S/C19H16Cl2N2OS/c1-11-16(18(24)12-6-4-3-5-7-12)17(22-19(25)23(11)2)14-9-8-13(20)10-15(14)21/h3-10,17H,1-2H3,(H,22,25). The Hall–Kier alpha value is -1.88. The highest BCUT2D eigenvalue weighted by atomic mass is 35.5. The monoisotopic (exact) mass is 390 g/mol. The van der Waals surface area contributed by atoms with E-state index in [0.29, 0.717) is 26.3 Å². The first kappa shape index (κ1) is 17.9. The van der Waals surface area contributed by atoms with E-state index in [0.717, 1.165) is 11.3 Å². The van der Waals surface area contributed by atoms with Gasteiger partial charge in [0, 0.05) is 33.9 Å². The number of hydrogen-bond acceptors (Lipinski definition) is 2. The van der Waals surface area contributed by atoms with Gasteiger partial charge in [-0.25, -0.2) is 0 Å². The Morgan fingerprint density at radius 3 is 2.48 bits per heavy atom. The Balaban J connectivity index is 2.15. The van der Waals surface area contributed by atoms with Crippen LogP contribution in [0.5, 0.6) is 0 Å². The van der Waals surface area contributed by atoms with E-state index < -0.39 is 6.04 Å². The Bertz CT molecular complexity index is 880. The van der Waals surface area contributed by atoms with Crippen LogP contribution in [0.15, 0.2) is 59.8 Å². The summed E-state index contributed by atoms with van der Waals surface area (Å²) in [4.78, 5) is 15.0. The predicted molar refractivity (Wildman–Crippen MR) is 106 cm³/mol. The fourth-order valence-corrected chi connectivity index (χ4v) is 3.62. The third kappa shape index (κ3) is 3.43. The molecule has 0 aromatic heterocycles. The molecule has 0 radical (unpaired) electrons. The van der Waals surface area contributed by atoms with Crippen molar-refractivity contribution in [2.45, 2.75) is 13.0 Å². The second-order valence-electron chi connectivity index (χ2n) is 5.80. The van der Waals surface area contributed by atoms with Crippen molar-refractivity contribution in [2.24, 2.45) is 0 Å². The van der Waals surface area contributed by atoms with Gasteiger partial charge in [-0.05, 0) is 36.8 Å². The molecule has 1 unspecified atom stereocenters. The van der Waals surface area contributed by atoms with Crippen LogP contribution in [0.1, 0.15) is 28.9 Å². The lowest BCUT2D eigenvalue weighted by molar-refractivity contribution is 0.102. The van der Waals surface area contributed by atoms with Gasteiger partial charge in [-0.1, -0.05) is 59.6 Å². The molecule has 1 atom stereocenters. The van der Waals surface area contributed by atoms with Crippen molar-refractivity contribution in [1.82, 2.24) is 10.2 Å². The summed E-state index contributed by atoms with van der Waals surface area (Å²) < 4.78 is 0. The highest BCUT2D eigenvalue weighted by Crippen LogP contribution is 2.36. The molecular formula is C19H16Cl2N2OS. The van der Waals surface area contributed by atoms with Gasteiger partial charge in [-0.15, -0.1) is 0 Å². The Morgan fingerprint density at radius 1 is 1.16 bits per heavy atom. The first-order valence-corrected chi connectivity index (χ1v) is 8.86. The number of nitrogens with one attached hydrogen (secondary N) is 1. The van der Waals surface area contributed by atoms with E-state index in [1.165, 1.54) is 0 Å². The zero-order chi connectivity index (χ0) is 18.1. The molecule has 6 heteroatoms. The summed E-state index contributed by atoms with van der Waals surface area (Å²) in [6.45, 7) is 1.89. The van der Waals surface area contributed by atoms with E-state index in [2.05, 4.69) is 5.32 Å². The number of carbonyl (C=O) groups excluding carboxylic acids is 1. The fraction of sp³-hybridized carbons (Fsp3) is 0.158. The number of thiocarbonyl (C=S) groups is 1. The molecule has 1 N–H and O–H groups in total. The molecule has 0 bridgehead atoms. The van der Waals surface area contributed by atoms with Gasteiger partial charge in [0.2, 0.25) is 0 Å². The first-order chi connectivity index (χ1) is 11.9. The van der Waals surface area contributed by atoms with Crippen molar-refractivity contribution in [2.75, 3.05) is 7.05 Å². The summed E-state index contributed by atoms with van der Waals surface area (Å²) in [5.41, 5.74) is 2.80. The maximum absolute atomic E-state index is 13.2. The Kier molecular flexibility index (Phi) is 5.13. The van der Waals surface area contributed by atoms with Gasteiger partial charge in [0.1, 0.15) is 0 Å². The van der Waals surface area contributed by atoms with Crippen LogP contribution in [0.3, 0.4) is 0 Å². The summed E-state index contributed by atoms with van der Waals surface area (Å²) in [6, 6.07) is 14.0. The smallest absolute Gasteiger partial charge is 0.193 e. The van der Waals surface area contributed by atoms with Gasteiger partial charge in [-0.3, -0.25) is 4.79 Å². The lowest BCUT2D eigenvalue weighted by atomic mass is 9.89. The van der Waals surface area contributed by atoms with E-state index in [-0.39, 0.29) is 5.78 Å². The van der Waals surface area contributed by atoms with Crippen molar-refractivity contribution in [3.63, 3.8) is 0 Å². The summed E-state index contributed by atoms with van der Waals surface area (Å²) in [5.74, 6) is -0.0593. The van der Waals surface area contributed by atoms with Crippen LogP contribution in [0.4, 0.5) is 0 Å². The van der Waals surface area contributed by atoms with E-state index in [1.54, 1.807) is 29.2 Å². The molecule has 1 heterocycles. The molecule has 3 rings (SSSR count). The van der Waals surface area contributed by atoms with E-state index in [1.807, 2.05) is 38.2 Å². The van der Waals surface area contributed by atoms with Gasteiger partial charge in [-0.2, -0.15) is 0 Å². The molecule has 1 aliphatic rings. The highest BCUT2D eigenvalue weighted by Gasteiger charge is 2.33. The average Bonchev–Trinajstić information content (AvgIpc) is 2.60. The van der Waals surface area contributed by atoms with Gasteiger partial charge in [0.25, 0.3) is 0 Å². The molecule has 25 heavy (non-hydrogen) atoms. The number of rotatable bonds is 3. The Labute approximate surface area is 162 Å². The number of allylic oxidation sites excluding steroid dienone is 1. The topological polar surface area (TPSA) is 32.3 Å². The SMILES string of the molecule is CC1=C(C(=O)c2ccccc2)C(c2ccc(Cl)cc2Cl)NC(=S)N1C. The van der Waals surface area contributed by atoms with Gasteiger partial charge < -0.3 is 10.2 Å². The molecule has 2 aromatic carbocycles. The first-order valence-electron chi connectivity index (χ1n) is 7.70. The minimum Gasteiger partial charge on any atom is -0.351 e. The number of Topliss-reactive ketones (excluding diaryl/α,β-unsaturated/α-hetero) is 1. The normalized spacial score (nSPS) is 17.5. The maximum Gasteiger partial charge on any atom is 0.193 e. The zero-order valence-corrected chi connectivity index (χ0v) is 16.0. The number of hydrogen-bond donors (Lipinski definition) is 1. The number of nitrogens with zero attached hydrogens (tertiary/aromatic N) is 1. The van der Waals surface area contributed by atoms with Gasteiger partial charge >= 0.3 is 0 Å². The molecule has 2 aromatic rings. The van der Waals surface area contributed by atoms with E-state index >= 15 is 0 Å². The van der Waals surface area contributed by atoms with E-state index in [9.17, 15) is 4.79 Å². The third-order valence-electron chi connectivity index (χ3n) is 4.31. The van der Waals surface area contributed by atoms with Crippen LogP contribution in [0.2, 0.25) is 10.0 Å². The third-order valence-corrected chi connectivity index (χ3v) is 5.26. The van der Waals surface area contributed by atoms with Crippen LogP contribution in [-0.4, -0.2) is 22.8 Å². The predicted octanol–water partition coefficient (Wildman–Crippen LogP) is 5.01. The summed E-state index contributed by atoms with van der Waals surface area (Å²) in [6.07, 6.45) is 0. The van der Waals surface area contributed by atoms with Crippen molar-refractivity contribution < 1.29 is 4.79 Å². The Morgan fingerprint density at radius 2 is 1.84 bits per heavy atom. The molecule has 0 fully saturated rings. The van der Waals surface area contributed by atoms with Crippen LogP contribution in [0.25, 0.3) is 0 Å². The average molecular weight is 391 g/mol. The van der Waals surface area contributed by atoms with Gasteiger partial charge in [0.05, 0.1) is 6.04 Å². The lowest BCUT2D eigenvalue weighted by Gasteiger charge is -2.36. The number of ketones is 1. The van der Waals surface area contributed by atoms with Gasteiger partial charge in [0.15, 0.2) is 10.9 Å². The second-order valence-corrected chi connectivity index (χ2v) is 7.03. The van der Waals surface area contributed by atoms with Crippen LogP contribution >= 0.6 is 35.4 Å². The molecular weight excluding hydrogens is 375 g/mol. The summed E-state index contributed by atoms with van der Waals surface area (Å²) >= 11 is 17.8. The maximum atomic E-state index is 13.2. The number of benzene rings is 2. The second kappa shape index (κ2) is 7.16. The summed E-state index contributed by atoms with van der Waals surface area (Å²) in [5, 5.41) is 4.80. The quantitative estimate of drug-likeness (QED) is 0.589. The highest BCUT2D eigenvalue weighted by molar-refractivity contribution is 7.80. The van der Waals surface area contributed by atoms with Crippen molar-refractivity contribution >= 4 is 46.3 Å². The van der Waals surface area contributed by atoms with E-state index in [4.69, 9.17) is 35.4 Å². The lowest BCUT2D eigenvalue weighted by Crippen LogP contribution is -2.45. The van der Waals surface area contributed by atoms with Crippen LogP contribution in [0, 0.1) is 0 Å². The molecule has 128 valence electrons. The zero-order valence-electron chi connectivity index (χ0n) is 13.7. The molecule has 0 saturated heterocycles. The van der Waals surface area contributed by atoms with Crippen LogP contribution < -0.4 is 5.32 Å². The molecule has 0 saturated carbocycles. The largest absolute Gasteiger partial charge is 0.351 e. The summed E-state index contributed by atoms with van der Waals surface area (Å²) in [7, 11) is 1.84. The number of halogens is 2. The molecule has 0 spiro atoms. The molecule has 0 aliphatic carbocycles.